The summed E-state index contributed by atoms with van der Waals surface area (Å²) in [7, 11) is 1.94. The van der Waals surface area contributed by atoms with Crippen molar-refractivity contribution in [2.45, 2.75) is 0 Å². The molecule has 0 atom stereocenters. The van der Waals surface area contributed by atoms with Gasteiger partial charge < -0.3 is 10.0 Å². The van der Waals surface area contributed by atoms with Gasteiger partial charge in [-0.05, 0) is 48.5 Å². The maximum Gasteiger partial charge on any atom is 0.115 e. The van der Waals surface area contributed by atoms with Gasteiger partial charge in [0.2, 0.25) is 0 Å². The maximum atomic E-state index is 9.22. The zero-order chi connectivity index (χ0) is 12.3. The number of anilines is 2. The molecule has 0 spiro atoms. The van der Waals surface area contributed by atoms with Crippen molar-refractivity contribution in [1.29, 1.82) is 5.26 Å². The van der Waals surface area contributed by atoms with Crippen molar-refractivity contribution in [3.05, 3.63) is 54.1 Å². The monoisotopic (exact) mass is 224 g/mol. The van der Waals surface area contributed by atoms with E-state index in [0.29, 0.717) is 5.56 Å². The van der Waals surface area contributed by atoms with E-state index in [-0.39, 0.29) is 5.75 Å². The predicted molar refractivity (Wildman–Crippen MR) is 67.3 cm³/mol. The molecule has 0 amide bonds. The van der Waals surface area contributed by atoms with Gasteiger partial charge in [-0.3, -0.25) is 0 Å². The molecule has 2 aromatic rings. The Balaban J connectivity index is 2.27. The highest BCUT2D eigenvalue weighted by atomic mass is 16.3. The van der Waals surface area contributed by atoms with Gasteiger partial charge in [0.15, 0.2) is 0 Å². The van der Waals surface area contributed by atoms with E-state index in [1.54, 1.807) is 24.3 Å². The van der Waals surface area contributed by atoms with Crippen molar-refractivity contribution in [3.8, 4) is 11.8 Å². The molecular formula is C14H12N2O. The zero-order valence-electron chi connectivity index (χ0n) is 9.46. The number of benzene rings is 2. The third kappa shape index (κ3) is 2.37. The first-order valence-electron chi connectivity index (χ1n) is 5.23. The summed E-state index contributed by atoms with van der Waals surface area (Å²) in [6, 6.07) is 16.4. The molecule has 17 heavy (non-hydrogen) atoms. The molecule has 84 valence electrons. The molecule has 1 N–H and O–H groups in total. The Morgan fingerprint density at radius 1 is 0.941 bits per heavy atom. The first kappa shape index (κ1) is 11.0. The van der Waals surface area contributed by atoms with Crippen molar-refractivity contribution in [3.63, 3.8) is 0 Å². The lowest BCUT2D eigenvalue weighted by molar-refractivity contribution is 0.475. The van der Waals surface area contributed by atoms with Gasteiger partial charge in [-0.25, -0.2) is 0 Å². The quantitative estimate of drug-likeness (QED) is 0.852. The van der Waals surface area contributed by atoms with E-state index in [4.69, 9.17) is 5.26 Å². The molecule has 0 saturated heterocycles. The minimum Gasteiger partial charge on any atom is -0.508 e. The maximum absolute atomic E-state index is 9.22. The average molecular weight is 224 g/mol. The van der Waals surface area contributed by atoms with Crippen molar-refractivity contribution in [2.75, 3.05) is 11.9 Å². The molecule has 0 fully saturated rings. The Morgan fingerprint density at radius 2 is 1.41 bits per heavy atom. The number of phenolic OH excluding ortho intramolecular Hbond substituents is 1. The predicted octanol–water partition coefficient (Wildman–Crippen LogP) is 3.03. The van der Waals surface area contributed by atoms with Crippen LogP contribution in [-0.4, -0.2) is 12.2 Å². The van der Waals surface area contributed by atoms with Gasteiger partial charge in [-0.2, -0.15) is 5.26 Å². The molecule has 0 bridgehead atoms. The number of hydrogen-bond donors (Lipinski definition) is 1. The highest BCUT2D eigenvalue weighted by molar-refractivity contribution is 5.63. The molecule has 3 nitrogen and oxygen atoms in total. The van der Waals surface area contributed by atoms with Crippen LogP contribution in [0.2, 0.25) is 0 Å². The minimum absolute atomic E-state index is 0.252. The van der Waals surface area contributed by atoms with Crippen LogP contribution in [0, 0.1) is 11.3 Å². The zero-order valence-corrected chi connectivity index (χ0v) is 9.46. The van der Waals surface area contributed by atoms with E-state index >= 15 is 0 Å². The number of phenols is 1. The van der Waals surface area contributed by atoms with Crippen LogP contribution in [-0.2, 0) is 0 Å². The highest BCUT2D eigenvalue weighted by Gasteiger charge is 2.03. The van der Waals surface area contributed by atoms with E-state index in [1.807, 2.05) is 36.2 Å². The number of nitrogens with zero attached hydrogens (tertiary/aromatic N) is 2. The third-order valence-electron chi connectivity index (χ3n) is 2.62. The normalized spacial score (nSPS) is 9.65. The summed E-state index contributed by atoms with van der Waals surface area (Å²) in [4.78, 5) is 1.99. The van der Waals surface area contributed by atoms with E-state index in [9.17, 15) is 5.11 Å². The van der Waals surface area contributed by atoms with Gasteiger partial charge in [0, 0.05) is 18.4 Å². The SMILES string of the molecule is CN(c1ccc(O)cc1)c1ccc(C#N)cc1. The van der Waals surface area contributed by atoms with Crippen molar-refractivity contribution in [2.24, 2.45) is 0 Å². The van der Waals surface area contributed by atoms with Crippen LogP contribution >= 0.6 is 0 Å². The van der Waals surface area contributed by atoms with Crippen LogP contribution in [0.3, 0.4) is 0 Å². The van der Waals surface area contributed by atoms with E-state index in [2.05, 4.69) is 6.07 Å². The lowest BCUT2D eigenvalue weighted by atomic mass is 10.2. The topological polar surface area (TPSA) is 47.3 Å². The van der Waals surface area contributed by atoms with Crippen molar-refractivity contribution < 1.29 is 5.11 Å². The molecule has 0 aliphatic heterocycles. The van der Waals surface area contributed by atoms with Crippen molar-refractivity contribution in [1.82, 2.24) is 0 Å². The van der Waals surface area contributed by atoms with Crippen LogP contribution in [0.1, 0.15) is 5.56 Å². The Kier molecular flexibility index (Phi) is 2.97. The molecular weight excluding hydrogens is 212 g/mol. The van der Waals surface area contributed by atoms with Crippen LogP contribution in [0.5, 0.6) is 5.75 Å². The smallest absolute Gasteiger partial charge is 0.115 e. The summed E-state index contributed by atoms with van der Waals surface area (Å²) in [6.07, 6.45) is 0. The second kappa shape index (κ2) is 4.58. The molecule has 2 aromatic carbocycles. The Morgan fingerprint density at radius 3 is 1.88 bits per heavy atom. The van der Waals surface area contributed by atoms with Crippen molar-refractivity contribution >= 4 is 11.4 Å². The Bertz CT molecular complexity index is 538. The summed E-state index contributed by atoms with van der Waals surface area (Å²) < 4.78 is 0. The lowest BCUT2D eigenvalue weighted by Gasteiger charge is -2.19. The first-order valence-corrected chi connectivity index (χ1v) is 5.23. The molecule has 0 saturated carbocycles. The van der Waals surface area contributed by atoms with Crippen LogP contribution in [0.15, 0.2) is 48.5 Å². The molecule has 0 radical (unpaired) electrons. The second-order valence-electron chi connectivity index (χ2n) is 3.73. The highest BCUT2D eigenvalue weighted by Crippen LogP contribution is 2.25. The van der Waals surface area contributed by atoms with Gasteiger partial charge in [0.25, 0.3) is 0 Å². The molecule has 0 aliphatic rings. The van der Waals surface area contributed by atoms with E-state index in [0.717, 1.165) is 11.4 Å². The number of hydrogen-bond acceptors (Lipinski definition) is 3. The average Bonchev–Trinajstić information content (AvgIpc) is 2.39. The van der Waals surface area contributed by atoms with E-state index in [1.165, 1.54) is 0 Å². The minimum atomic E-state index is 0.252. The van der Waals surface area contributed by atoms with Gasteiger partial charge in [0.05, 0.1) is 11.6 Å². The van der Waals surface area contributed by atoms with Gasteiger partial charge in [-0.15, -0.1) is 0 Å². The number of nitriles is 1. The van der Waals surface area contributed by atoms with Gasteiger partial charge in [-0.1, -0.05) is 0 Å². The fourth-order valence-corrected chi connectivity index (χ4v) is 1.58. The van der Waals surface area contributed by atoms with Crippen LogP contribution in [0.4, 0.5) is 11.4 Å². The fraction of sp³-hybridized carbons (Fsp3) is 0.0714. The van der Waals surface area contributed by atoms with Gasteiger partial charge in [0.1, 0.15) is 5.75 Å². The Hall–Kier alpha value is -2.47. The molecule has 2 rings (SSSR count). The van der Waals surface area contributed by atoms with Crippen LogP contribution < -0.4 is 4.90 Å². The third-order valence-corrected chi connectivity index (χ3v) is 2.62. The largest absolute Gasteiger partial charge is 0.508 e. The summed E-state index contributed by atoms with van der Waals surface area (Å²) in [5.74, 6) is 0.252. The molecule has 0 unspecified atom stereocenters. The van der Waals surface area contributed by atoms with Crippen LogP contribution in [0.25, 0.3) is 0 Å². The number of rotatable bonds is 2. The summed E-state index contributed by atoms with van der Waals surface area (Å²) >= 11 is 0. The molecule has 0 heterocycles. The molecule has 0 aromatic heterocycles. The summed E-state index contributed by atoms with van der Waals surface area (Å²) in [5.41, 5.74) is 2.62. The fourth-order valence-electron chi connectivity index (χ4n) is 1.58. The van der Waals surface area contributed by atoms with E-state index < -0.39 is 0 Å². The first-order chi connectivity index (χ1) is 8.20. The standard InChI is InChI=1S/C14H12N2O/c1-16(13-6-8-14(17)9-7-13)12-4-2-11(10-15)3-5-12/h2-9,17H,1H3. The molecule has 3 heteroatoms. The number of aromatic hydroxyl groups is 1. The van der Waals surface area contributed by atoms with Gasteiger partial charge >= 0.3 is 0 Å². The lowest BCUT2D eigenvalue weighted by Crippen LogP contribution is -2.08. The summed E-state index contributed by atoms with van der Waals surface area (Å²) in [6.45, 7) is 0. The Labute approximate surface area is 100 Å². The second-order valence-corrected chi connectivity index (χ2v) is 3.73. The molecule has 0 aliphatic carbocycles. The summed E-state index contributed by atoms with van der Waals surface area (Å²) in [5, 5.41) is 17.9.